The highest BCUT2D eigenvalue weighted by Crippen LogP contribution is 2.06. The Morgan fingerprint density at radius 3 is 2.56 bits per heavy atom. The van der Waals surface area contributed by atoms with E-state index in [0.29, 0.717) is 6.54 Å². The highest BCUT2D eigenvalue weighted by molar-refractivity contribution is 5.82. The summed E-state index contributed by atoms with van der Waals surface area (Å²) in [5, 5.41) is 14.8. The number of benzene rings is 1. The first-order valence-electron chi connectivity index (χ1n) is 5.98. The minimum Gasteiger partial charge on any atom is -0.409 e. The van der Waals surface area contributed by atoms with Crippen LogP contribution in [0.1, 0.15) is 19.4 Å². The summed E-state index contributed by atoms with van der Waals surface area (Å²) in [5.74, 6) is -0.0259. The van der Waals surface area contributed by atoms with E-state index >= 15 is 0 Å². The van der Waals surface area contributed by atoms with Crippen LogP contribution in [0.3, 0.4) is 0 Å². The fourth-order valence-corrected chi connectivity index (χ4v) is 1.63. The lowest BCUT2D eigenvalue weighted by Gasteiger charge is -2.17. The van der Waals surface area contributed by atoms with Gasteiger partial charge in [-0.2, -0.15) is 0 Å². The van der Waals surface area contributed by atoms with Crippen molar-refractivity contribution in [2.45, 2.75) is 26.3 Å². The molecule has 0 aliphatic heterocycles. The Labute approximate surface area is 107 Å². The van der Waals surface area contributed by atoms with E-state index in [-0.39, 0.29) is 23.6 Å². The van der Waals surface area contributed by atoms with Gasteiger partial charge in [-0.15, -0.1) is 0 Å². The molecular formula is C13H20FN3O. The fourth-order valence-electron chi connectivity index (χ4n) is 1.63. The van der Waals surface area contributed by atoms with E-state index in [2.05, 4.69) is 10.5 Å². The molecule has 1 aromatic carbocycles. The molecule has 100 valence electrons. The van der Waals surface area contributed by atoms with Crippen LogP contribution in [0.5, 0.6) is 0 Å². The van der Waals surface area contributed by atoms with Gasteiger partial charge in [0.2, 0.25) is 0 Å². The summed E-state index contributed by atoms with van der Waals surface area (Å²) in [4.78, 5) is 0. The number of hydrogen-bond donors (Lipinski definition) is 3. The van der Waals surface area contributed by atoms with E-state index in [1.54, 1.807) is 12.1 Å². The maximum Gasteiger partial charge on any atom is 0.143 e. The lowest BCUT2D eigenvalue weighted by atomic mass is 10.1. The zero-order valence-electron chi connectivity index (χ0n) is 10.7. The first kappa shape index (κ1) is 14.4. The van der Waals surface area contributed by atoms with Crippen molar-refractivity contribution in [2.24, 2.45) is 16.8 Å². The molecule has 0 fully saturated rings. The summed E-state index contributed by atoms with van der Waals surface area (Å²) < 4.78 is 12.7. The second-order valence-electron chi connectivity index (χ2n) is 4.57. The van der Waals surface area contributed by atoms with E-state index in [1.807, 2.05) is 13.8 Å². The summed E-state index contributed by atoms with van der Waals surface area (Å²) in [6.07, 6.45) is 0.809. The van der Waals surface area contributed by atoms with Crippen LogP contribution in [0.4, 0.5) is 4.39 Å². The van der Waals surface area contributed by atoms with E-state index in [0.717, 1.165) is 12.0 Å². The Balaban J connectivity index is 2.38. The van der Waals surface area contributed by atoms with Gasteiger partial charge in [-0.25, -0.2) is 4.39 Å². The zero-order valence-corrected chi connectivity index (χ0v) is 10.7. The number of oxime groups is 1. The van der Waals surface area contributed by atoms with Gasteiger partial charge in [0.1, 0.15) is 11.7 Å². The monoisotopic (exact) mass is 253 g/mol. The Morgan fingerprint density at radius 2 is 2.00 bits per heavy atom. The Bertz CT molecular complexity index is 392. The van der Waals surface area contributed by atoms with Gasteiger partial charge in [-0.05, 0) is 31.0 Å². The molecule has 0 spiro atoms. The molecule has 0 radical (unpaired) electrons. The Morgan fingerprint density at radius 1 is 1.39 bits per heavy atom. The van der Waals surface area contributed by atoms with Crippen molar-refractivity contribution in [3.8, 4) is 0 Å². The second kappa shape index (κ2) is 6.96. The van der Waals surface area contributed by atoms with Crippen LogP contribution in [0.25, 0.3) is 0 Å². The van der Waals surface area contributed by atoms with E-state index < -0.39 is 0 Å². The van der Waals surface area contributed by atoms with Crippen LogP contribution in [-0.4, -0.2) is 23.6 Å². The molecule has 1 aromatic rings. The average molecular weight is 253 g/mol. The van der Waals surface area contributed by atoms with Crippen LogP contribution in [0.15, 0.2) is 29.4 Å². The largest absolute Gasteiger partial charge is 0.409 e. The minimum absolute atomic E-state index is 0.0225. The molecule has 18 heavy (non-hydrogen) atoms. The molecular weight excluding hydrogens is 233 g/mol. The van der Waals surface area contributed by atoms with E-state index in [1.165, 1.54) is 12.1 Å². The van der Waals surface area contributed by atoms with Gasteiger partial charge in [0, 0.05) is 18.5 Å². The first-order chi connectivity index (χ1) is 8.52. The van der Waals surface area contributed by atoms with Crippen molar-refractivity contribution < 1.29 is 9.60 Å². The number of amidine groups is 1. The molecule has 4 N–H and O–H groups in total. The summed E-state index contributed by atoms with van der Waals surface area (Å²) in [6.45, 7) is 4.56. The molecule has 2 unspecified atom stereocenters. The number of nitrogens with one attached hydrogen (secondary N) is 1. The van der Waals surface area contributed by atoms with Gasteiger partial charge < -0.3 is 16.3 Å². The Hall–Kier alpha value is -1.62. The van der Waals surface area contributed by atoms with Crippen molar-refractivity contribution in [2.75, 3.05) is 6.54 Å². The van der Waals surface area contributed by atoms with Crippen LogP contribution in [0.2, 0.25) is 0 Å². The SMILES string of the molecule is CC(Cc1ccc(F)cc1)NCC(C)C(N)=NO. The summed E-state index contributed by atoms with van der Waals surface area (Å²) in [5.41, 5.74) is 6.57. The molecule has 0 aliphatic rings. The zero-order chi connectivity index (χ0) is 13.5. The normalized spacial score (nSPS) is 15.4. The molecule has 0 bridgehead atoms. The maximum atomic E-state index is 12.7. The van der Waals surface area contributed by atoms with Gasteiger partial charge in [0.15, 0.2) is 0 Å². The maximum absolute atomic E-state index is 12.7. The highest BCUT2D eigenvalue weighted by atomic mass is 19.1. The molecule has 2 atom stereocenters. The number of rotatable bonds is 6. The highest BCUT2D eigenvalue weighted by Gasteiger charge is 2.09. The van der Waals surface area contributed by atoms with Gasteiger partial charge >= 0.3 is 0 Å². The van der Waals surface area contributed by atoms with Crippen LogP contribution < -0.4 is 11.1 Å². The molecule has 0 aromatic heterocycles. The molecule has 0 aliphatic carbocycles. The lowest BCUT2D eigenvalue weighted by Crippen LogP contribution is -2.36. The molecule has 0 heterocycles. The van der Waals surface area contributed by atoms with Crippen molar-refractivity contribution in [3.05, 3.63) is 35.6 Å². The topological polar surface area (TPSA) is 70.6 Å². The molecule has 5 heteroatoms. The minimum atomic E-state index is -0.222. The number of hydrogen-bond acceptors (Lipinski definition) is 3. The van der Waals surface area contributed by atoms with Crippen LogP contribution in [-0.2, 0) is 6.42 Å². The van der Waals surface area contributed by atoms with Crippen LogP contribution in [0, 0.1) is 11.7 Å². The van der Waals surface area contributed by atoms with E-state index in [4.69, 9.17) is 10.9 Å². The molecule has 1 rings (SSSR count). The Kier molecular flexibility index (Phi) is 5.58. The second-order valence-corrected chi connectivity index (χ2v) is 4.57. The van der Waals surface area contributed by atoms with Crippen molar-refractivity contribution in [1.82, 2.24) is 5.32 Å². The number of nitrogens with two attached hydrogens (primary N) is 1. The first-order valence-corrected chi connectivity index (χ1v) is 5.98. The quantitative estimate of drug-likeness (QED) is 0.313. The third-order valence-corrected chi connectivity index (χ3v) is 2.85. The summed E-state index contributed by atoms with van der Waals surface area (Å²) in [7, 11) is 0. The number of nitrogens with zero attached hydrogens (tertiary/aromatic N) is 1. The fraction of sp³-hybridized carbons (Fsp3) is 0.462. The van der Waals surface area contributed by atoms with E-state index in [9.17, 15) is 4.39 Å². The van der Waals surface area contributed by atoms with Crippen molar-refractivity contribution >= 4 is 5.84 Å². The summed E-state index contributed by atoms with van der Waals surface area (Å²) in [6, 6.07) is 6.72. The van der Waals surface area contributed by atoms with Gasteiger partial charge in [0.05, 0.1) is 0 Å². The molecule has 0 saturated carbocycles. The molecule has 4 nitrogen and oxygen atoms in total. The number of halogens is 1. The molecule has 0 saturated heterocycles. The summed E-state index contributed by atoms with van der Waals surface area (Å²) >= 11 is 0. The van der Waals surface area contributed by atoms with Gasteiger partial charge in [-0.1, -0.05) is 24.2 Å². The predicted molar refractivity (Wildman–Crippen MR) is 70.1 cm³/mol. The molecule has 0 amide bonds. The average Bonchev–Trinajstić information content (AvgIpc) is 2.37. The predicted octanol–water partition coefficient (Wildman–Crippen LogP) is 1.73. The standard InChI is InChI=1S/C13H20FN3O/c1-9(13(15)17-18)8-16-10(2)7-11-3-5-12(14)6-4-11/h3-6,9-10,16,18H,7-8H2,1-2H3,(H2,15,17). The van der Waals surface area contributed by atoms with Crippen LogP contribution >= 0.6 is 0 Å². The van der Waals surface area contributed by atoms with Gasteiger partial charge in [-0.3, -0.25) is 0 Å². The van der Waals surface area contributed by atoms with Crippen molar-refractivity contribution in [1.29, 1.82) is 0 Å². The lowest BCUT2D eigenvalue weighted by molar-refractivity contribution is 0.313. The van der Waals surface area contributed by atoms with Crippen molar-refractivity contribution in [3.63, 3.8) is 0 Å². The third-order valence-electron chi connectivity index (χ3n) is 2.85. The third kappa shape index (κ3) is 4.71. The smallest absolute Gasteiger partial charge is 0.143 e. The van der Waals surface area contributed by atoms with Gasteiger partial charge in [0.25, 0.3) is 0 Å².